The Labute approximate surface area is 197 Å². The molecule has 3 aromatic rings. The molecule has 1 aromatic heterocycles. The second-order valence-corrected chi connectivity index (χ2v) is 11.2. The zero-order chi connectivity index (χ0) is 22.8. The second-order valence-electron chi connectivity index (χ2n) is 8.24. The van der Waals surface area contributed by atoms with Gasteiger partial charge >= 0.3 is 0 Å². The third-order valence-electron chi connectivity index (χ3n) is 6.05. The number of para-hydroxylation sites is 1. The Morgan fingerprint density at radius 2 is 1.85 bits per heavy atom. The number of sulfonamides is 1. The number of rotatable bonds is 6. The van der Waals surface area contributed by atoms with E-state index in [9.17, 15) is 13.2 Å². The maximum Gasteiger partial charge on any atom is 0.243 e. The van der Waals surface area contributed by atoms with Crippen LogP contribution in [0.3, 0.4) is 0 Å². The number of hydrogen-bond acceptors (Lipinski definition) is 7. The number of nitrogens with one attached hydrogen (secondary N) is 1. The quantitative estimate of drug-likeness (QED) is 0.576. The molecule has 174 valence electrons. The molecule has 2 fully saturated rings. The van der Waals surface area contributed by atoms with Crippen LogP contribution in [-0.4, -0.2) is 67.9 Å². The lowest BCUT2D eigenvalue weighted by Crippen LogP contribution is -2.40. The summed E-state index contributed by atoms with van der Waals surface area (Å²) in [6.07, 6.45) is 2.02. The molecule has 2 aliphatic heterocycles. The van der Waals surface area contributed by atoms with E-state index in [1.807, 2.05) is 18.2 Å². The van der Waals surface area contributed by atoms with E-state index in [2.05, 4.69) is 16.3 Å². The van der Waals surface area contributed by atoms with Gasteiger partial charge in [0.2, 0.25) is 15.9 Å². The van der Waals surface area contributed by atoms with Crippen molar-refractivity contribution in [2.75, 3.05) is 44.7 Å². The highest BCUT2D eigenvalue weighted by atomic mass is 32.2. The Hall–Kier alpha value is -2.37. The molecule has 3 heterocycles. The number of benzene rings is 2. The monoisotopic (exact) mass is 486 g/mol. The highest BCUT2D eigenvalue weighted by molar-refractivity contribution is 7.89. The van der Waals surface area contributed by atoms with Gasteiger partial charge in [-0.1, -0.05) is 12.1 Å². The molecule has 5 rings (SSSR count). The molecule has 1 N–H and O–H groups in total. The maximum absolute atomic E-state index is 12.8. The van der Waals surface area contributed by atoms with Crippen molar-refractivity contribution in [2.24, 2.45) is 0 Å². The number of ether oxygens (including phenoxy) is 1. The molecule has 1 amide bonds. The molecule has 33 heavy (non-hydrogen) atoms. The first-order chi connectivity index (χ1) is 16.0. The number of anilines is 1. The first-order valence-electron chi connectivity index (χ1n) is 11.1. The van der Waals surface area contributed by atoms with Crippen molar-refractivity contribution in [3.05, 3.63) is 53.5 Å². The minimum absolute atomic E-state index is 0.119. The third-order valence-corrected chi connectivity index (χ3v) is 9.10. The molecule has 2 saturated heterocycles. The van der Waals surface area contributed by atoms with Crippen molar-refractivity contribution in [1.82, 2.24) is 14.2 Å². The van der Waals surface area contributed by atoms with Gasteiger partial charge in [-0.15, -0.1) is 11.3 Å². The van der Waals surface area contributed by atoms with Crippen LogP contribution in [0.1, 0.15) is 23.9 Å². The van der Waals surface area contributed by atoms with Crippen LogP contribution in [-0.2, 0) is 19.6 Å². The minimum Gasteiger partial charge on any atom is -0.379 e. The van der Waals surface area contributed by atoms with Crippen LogP contribution in [0.15, 0.2) is 53.4 Å². The molecule has 0 unspecified atom stereocenters. The van der Waals surface area contributed by atoms with Crippen LogP contribution in [0, 0.1) is 0 Å². The fraction of sp³-hybridized carbons (Fsp3) is 0.391. The van der Waals surface area contributed by atoms with E-state index in [-0.39, 0.29) is 23.4 Å². The van der Waals surface area contributed by atoms with Gasteiger partial charge in [0.25, 0.3) is 0 Å². The summed E-state index contributed by atoms with van der Waals surface area (Å²) in [5.41, 5.74) is 1.58. The number of carbonyl (C=O) groups excluding carboxylic acids is 1. The van der Waals surface area contributed by atoms with Crippen molar-refractivity contribution in [3.63, 3.8) is 0 Å². The third kappa shape index (κ3) is 4.80. The predicted octanol–water partition coefficient (Wildman–Crippen LogP) is 3.09. The van der Waals surface area contributed by atoms with Crippen LogP contribution in [0.2, 0.25) is 0 Å². The highest BCUT2D eigenvalue weighted by Crippen LogP contribution is 2.36. The fourth-order valence-corrected chi connectivity index (χ4v) is 6.90. The van der Waals surface area contributed by atoms with Crippen molar-refractivity contribution in [3.8, 4) is 0 Å². The summed E-state index contributed by atoms with van der Waals surface area (Å²) < 4.78 is 33.3. The van der Waals surface area contributed by atoms with E-state index in [1.54, 1.807) is 35.6 Å². The second kappa shape index (κ2) is 9.47. The maximum atomic E-state index is 12.8. The number of carbonyl (C=O) groups is 1. The van der Waals surface area contributed by atoms with Crippen molar-refractivity contribution in [2.45, 2.75) is 23.8 Å². The molecular weight excluding hydrogens is 460 g/mol. The van der Waals surface area contributed by atoms with Gasteiger partial charge in [-0.3, -0.25) is 9.69 Å². The molecule has 0 aliphatic carbocycles. The Morgan fingerprint density at radius 3 is 2.61 bits per heavy atom. The molecule has 1 atom stereocenters. The van der Waals surface area contributed by atoms with Gasteiger partial charge in [-0.25, -0.2) is 13.4 Å². The van der Waals surface area contributed by atoms with Gasteiger partial charge in [0.1, 0.15) is 5.01 Å². The lowest BCUT2D eigenvalue weighted by Gasteiger charge is -2.26. The Kier molecular flexibility index (Phi) is 6.44. The zero-order valence-corrected chi connectivity index (χ0v) is 19.8. The number of aromatic nitrogens is 1. The summed E-state index contributed by atoms with van der Waals surface area (Å²) in [6, 6.07) is 14.6. The molecule has 0 saturated carbocycles. The smallest absolute Gasteiger partial charge is 0.243 e. The van der Waals surface area contributed by atoms with E-state index in [0.717, 1.165) is 34.6 Å². The molecule has 8 nitrogen and oxygen atoms in total. The normalized spacial score (nSPS) is 20.3. The van der Waals surface area contributed by atoms with Gasteiger partial charge in [0.15, 0.2) is 0 Å². The molecule has 2 aliphatic rings. The topological polar surface area (TPSA) is 91.8 Å². The number of morpholine rings is 1. The zero-order valence-electron chi connectivity index (χ0n) is 18.1. The summed E-state index contributed by atoms with van der Waals surface area (Å²) in [7, 11) is -3.55. The first-order valence-corrected chi connectivity index (χ1v) is 13.3. The van der Waals surface area contributed by atoms with Gasteiger partial charge in [0, 0.05) is 18.8 Å². The lowest BCUT2D eigenvalue weighted by atomic mass is 10.2. The standard InChI is InChI=1S/C23H26N4O4S2/c28-22(16-26-11-3-5-20(26)23-25-19-4-1-2-6-21(19)32-23)24-17-7-9-18(10-8-17)33(29,30)27-12-14-31-15-13-27/h1-2,4,6-10,20H,3,5,11-16H2,(H,24,28)/t20-/m1/s1. The molecule has 0 spiro atoms. The van der Waals surface area contributed by atoms with Crippen LogP contribution < -0.4 is 5.32 Å². The molecule has 10 heteroatoms. The van der Waals surface area contributed by atoms with Crippen molar-refractivity contribution in [1.29, 1.82) is 0 Å². The number of thiazole rings is 1. The summed E-state index contributed by atoms with van der Waals surface area (Å²) >= 11 is 1.69. The van der Waals surface area contributed by atoms with Crippen LogP contribution >= 0.6 is 11.3 Å². The Balaban J connectivity index is 1.22. The van der Waals surface area contributed by atoms with Crippen molar-refractivity contribution < 1.29 is 17.9 Å². The number of hydrogen-bond donors (Lipinski definition) is 1. The van der Waals surface area contributed by atoms with Crippen molar-refractivity contribution >= 4 is 43.2 Å². The van der Waals surface area contributed by atoms with Gasteiger partial charge in [-0.2, -0.15) is 4.31 Å². The van der Waals surface area contributed by atoms with Crippen LogP contribution in [0.4, 0.5) is 5.69 Å². The molecule has 0 radical (unpaired) electrons. The van der Waals surface area contributed by atoms with E-state index in [0.29, 0.717) is 32.0 Å². The first kappa shape index (κ1) is 22.4. The average Bonchev–Trinajstić information content (AvgIpc) is 3.46. The fourth-order valence-electron chi connectivity index (χ4n) is 4.36. The molecular formula is C23H26N4O4S2. The van der Waals surface area contributed by atoms with E-state index in [1.165, 1.54) is 4.31 Å². The summed E-state index contributed by atoms with van der Waals surface area (Å²) in [5.74, 6) is -0.119. The van der Waals surface area contributed by atoms with Crippen LogP contribution in [0.25, 0.3) is 10.2 Å². The van der Waals surface area contributed by atoms with E-state index >= 15 is 0 Å². The minimum atomic E-state index is -3.55. The summed E-state index contributed by atoms with van der Waals surface area (Å²) in [4.78, 5) is 19.9. The summed E-state index contributed by atoms with van der Waals surface area (Å²) in [5, 5.41) is 3.95. The van der Waals surface area contributed by atoms with Gasteiger partial charge in [0.05, 0.1) is 40.9 Å². The largest absolute Gasteiger partial charge is 0.379 e. The average molecular weight is 487 g/mol. The number of amides is 1. The summed E-state index contributed by atoms with van der Waals surface area (Å²) in [6.45, 7) is 2.64. The Bertz CT molecular complexity index is 1200. The predicted molar refractivity (Wildman–Crippen MR) is 128 cm³/mol. The molecule has 0 bridgehead atoms. The van der Waals surface area contributed by atoms with E-state index in [4.69, 9.17) is 9.72 Å². The number of fused-ring (bicyclic) bond motifs is 1. The van der Waals surface area contributed by atoms with Gasteiger partial charge < -0.3 is 10.1 Å². The SMILES string of the molecule is O=C(CN1CCC[C@@H]1c1nc2ccccc2s1)Nc1ccc(S(=O)(=O)N2CCOCC2)cc1. The number of nitrogens with zero attached hydrogens (tertiary/aromatic N) is 3. The Morgan fingerprint density at radius 1 is 1.09 bits per heavy atom. The lowest BCUT2D eigenvalue weighted by molar-refractivity contribution is -0.117. The van der Waals surface area contributed by atoms with E-state index < -0.39 is 10.0 Å². The highest BCUT2D eigenvalue weighted by Gasteiger charge is 2.30. The van der Waals surface area contributed by atoms with Crippen LogP contribution in [0.5, 0.6) is 0 Å². The molecule has 2 aromatic carbocycles. The number of likely N-dealkylation sites (tertiary alicyclic amines) is 1. The van der Waals surface area contributed by atoms with Gasteiger partial charge in [-0.05, 0) is 55.8 Å².